The van der Waals surface area contributed by atoms with Gasteiger partial charge in [0, 0.05) is 6.04 Å². The molecular weight excluding hydrogens is 332 g/mol. The topological polar surface area (TPSA) is 64.6 Å². The highest BCUT2D eigenvalue weighted by atomic mass is 19.3. The van der Waals surface area contributed by atoms with Crippen molar-refractivity contribution in [3.8, 4) is 5.75 Å². The molecule has 1 saturated carbocycles. The second kappa shape index (κ2) is 8.78. The van der Waals surface area contributed by atoms with Crippen LogP contribution in [0.2, 0.25) is 0 Å². The molecule has 1 aromatic rings. The summed E-state index contributed by atoms with van der Waals surface area (Å²) in [6, 6.07) is 5.23. The number of amides is 1. The first kappa shape index (κ1) is 19.1. The molecule has 5 nitrogen and oxygen atoms in total. The van der Waals surface area contributed by atoms with E-state index in [2.05, 4.69) is 17.0 Å². The Morgan fingerprint density at radius 3 is 2.40 bits per heavy atom. The van der Waals surface area contributed by atoms with E-state index in [1.54, 1.807) is 0 Å². The zero-order valence-electron chi connectivity index (χ0n) is 14.3. The molecule has 0 saturated heterocycles. The molecule has 1 aliphatic rings. The summed E-state index contributed by atoms with van der Waals surface area (Å²) in [4.78, 5) is 24.3. The van der Waals surface area contributed by atoms with Gasteiger partial charge in [-0.05, 0) is 49.9 Å². The monoisotopic (exact) mass is 355 g/mol. The summed E-state index contributed by atoms with van der Waals surface area (Å²) in [6.07, 6.45) is 3.32. The lowest BCUT2D eigenvalue weighted by Gasteiger charge is -2.30. The lowest BCUT2D eigenvalue weighted by atomic mass is 9.86. The average Bonchev–Trinajstić information content (AvgIpc) is 2.56. The highest BCUT2D eigenvalue weighted by Gasteiger charge is 2.26. The fraction of sp³-hybridized carbons (Fsp3) is 0.556. The summed E-state index contributed by atoms with van der Waals surface area (Å²) in [5.74, 6) is -0.667. The fourth-order valence-electron chi connectivity index (χ4n) is 2.89. The van der Waals surface area contributed by atoms with Crippen LogP contribution in [0.1, 0.15) is 49.9 Å². The van der Waals surface area contributed by atoms with E-state index >= 15 is 0 Å². The number of esters is 1. The van der Waals surface area contributed by atoms with E-state index in [0.717, 1.165) is 19.3 Å². The van der Waals surface area contributed by atoms with E-state index in [1.165, 1.54) is 37.6 Å². The Labute approximate surface area is 145 Å². The minimum Gasteiger partial charge on any atom is -0.449 e. The van der Waals surface area contributed by atoms with Crippen molar-refractivity contribution in [3.05, 3.63) is 29.8 Å². The van der Waals surface area contributed by atoms with Gasteiger partial charge in [0.2, 0.25) is 0 Å². The second-order valence-electron chi connectivity index (χ2n) is 6.33. The third-order valence-corrected chi connectivity index (χ3v) is 4.41. The highest BCUT2D eigenvalue weighted by molar-refractivity contribution is 5.92. The van der Waals surface area contributed by atoms with E-state index in [-0.39, 0.29) is 23.3 Å². The van der Waals surface area contributed by atoms with Crippen molar-refractivity contribution in [3.63, 3.8) is 0 Å². The predicted octanol–water partition coefficient (Wildman–Crippen LogP) is 3.53. The molecule has 0 unspecified atom stereocenters. The van der Waals surface area contributed by atoms with Gasteiger partial charge in [0.15, 0.2) is 6.10 Å². The van der Waals surface area contributed by atoms with Crippen molar-refractivity contribution in [2.24, 2.45) is 5.92 Å². The number of ether oxygens (including phenoxy) is 2. The molecule has 1 amide bonds. The van der Waals surface area contributed by atoms with Crippen LogP contribution in [-0.2, 0) is 9.53 Å². The van der Waals surface area contributed by atoms with Crippen molar-refractivity contribution in [1.82, 2.24) is 5.32 Å². The molecule has 7 heteroatoms. The largest absolute Gasteiger partial charge is 0.449 e. The molecule has 0 aliphatic heterocycles. The smallest absolute Gasteiger partial charge is 0.387 e. The summed E-state index contributed by atoms with van der Waals surface area (Å²) >= 11 is 0. The van der Waals surface area contributed by atoms with Gasteiger partial charge in [-0.2, -0.15) is 8.78 Å². The van der Waals surface area contributed by atoms with Crippen LogP contribution in [-0.4, -0.2) is 30.6 Å². The predicted molar refractivity (Wildman–Crippen MR) is 87.5 cm³/mol. The van der Waals surface area contributed by atoms with Crippen molar-refractivity contribution in [1.29, 1.82) is 0 Å². The summed E-state index contributed by atoms with van der Waals surface area (Å²) < 4.78 is 33.6. The first-order valence-electron chi connectivity index (χ1n) is 8.43. The van der Waals surface area contributed by atoms with Gasteiger partial charge in [0.25, 0.3) is 5.91 Å². The van der Waals surface area contributed by atoms with Crippen molar-refractivity contribution in [2.75, 3.05) is 0 Å². The Hall–Kier alpha value is -2.18. The van der Waals surface area contributed by atoms with Gasteiger partial charge in [-0.15, -0.1) is 0 Å². The summed E-state index contributed by atoms with van der Waals surface area (Å²) in [6.45, 7) is 0.683. The SMILES string of the molecule is C[C@@H]1CCCC[C@H]1NC(=O)[C@@H](C)OC(=O)c1ccc(OC(F)F)cc1. The van der Waals surface area contributed by atoms with Crippen molar-refractivity contribution >= 4 is 11.9 Å². The van der Waals surface area contributed by atoms with Gasteiger partial charge < -0.3 is 14.8 Å². The van der Waals surface area contributed by atoms with Gasteiger partial charge in [-0.25, -0.2) is 4.79 Å². The number of hydrogen-bond donors (Lipinski definition) is 1. The minimum atomic E-state index is -2.93. The molecular formula is C18H23F2NO4. The molecule has 3 atom stereocenters. The third kappa shape index (κ3) is 5.69. The van der Waals surface area contributed by atoms with Gasteiger partial charge in [-0.1, -0.05) is 19.8 Å². The molecule has 0 bridgehead atoms. The average molecular weight is 355 g/mol. The molecule has 2 rings (SSSR count). The van der Waals surface area contributed by atoms with Crippen LogP contribution in [0.25, 0.3) is 0 Å². The highest BCUT2D eigenvalue weighted by Crippen LogP contribution is 2.24. The Bertz CT molecular complexity index is 591. The zero-order chi connectivity index (χ0) is 18.4. The molecule has 1 aliphatic carbocycles. The first-order chi connectivity index (χ1) is 11.9. The number of halogens is 2. The summed E-state index contributed by atoms with van der Waals surface area (Å²) in [5.41, 5.74) is 0.160. The minimum absolute atomic E-state index is 0.0522. The van der Waals surface area contributed by atoms with Crippen LogP contribution in [0, 0.1) is 5.92 Å². The third-order valence-electron chi connectivity index (χ3n) is 4.41. The van der Waals surface area contributed by atoms with E-state index in [0.29, 0.717) is 5.92 Å². The fourth-order valence-corrected chi connectivity index (χ4v) is 2.89. The van der Waals surface area contributed by atoms with Crippen LogP contribution in [0.4, 0.5) is 8.78 Å². The number of carbonyl (C=O) groups is 2. The van der Waals surface area contributed by atoms with E-state index in [9.17, 15) is 18.4 Å². The molecule has 0 spiro atoms. The normalized spacial score (nSPS) is 21.5. The van der Waals surface area contributed by atoms with Crippen LogP contribution in [0.3, 0.4) is 0 Å². The maximum absolute atomic E-state index is 12.2. The van der Waals surface area contributed by atoms with Crippen LogP contribution in [0.15, 0.2) is 24.3 Å². The number of benzene rings is 1. The number of carbonyl (C=O) groups excluding carboxylic acids is 2. The summed E-state index contributed by atoms with van der Waals surface area (Å²) in [7, 11) is 0. The molecule has 0 radical (unpaired) electrons. The van der Waals surface area contributed by atoms with Gasteiger partial charge in [0.05, 0.1) is 5.56 Å². The van der Waals surface area contributed by atoms with Crippen LogP contribution >= 0.6 is 0 Å². The van der Waals surface area contributed by atoms with Gasteiger partial charge in [-0.3, -0.25) is 4.79 Å². The molecule has 1 N–H and O–H groups in total. The Kier molecular flexibility index (Phi) is 6.73. The van der Waals surface area contributed by atoms with E-state index < -0.39 is 18.7 Å². The zero-order valence-corrected chi connectivity index (χ0v) is 14.3. The lowest BCUT2D eigenvalue weighted by Crippen LogP contribution is -2.45. The number of alkyl halides is 2. The number of rotatable bonds is 6. The quantitative estimate of drug-likeness (QED) is 0.793. The van der Waals surface area contributed by atoms with Crippen molar-refractivity contribution in [2.45, 2.75) is 58.3 Å². The van der Waals surface area contributed by atoms with E-state index in [1.807, 2.05) is 0 Å². The first-order valence-corrected chi connectivity index (χ1v) is 8.43. The lowest BCUT2D eigenvalue weighted by molar-refractivity contribution is -0.130. The molecule has 138 valence electrons. The van der Waals surface area contributed by atoms with Crippen LogP contribution in [0.5, 0.6) is 5.75 Å². The Morgan fingerprint density at radius 1 is 1.16 bits per heavy atom. The van der Waals surface area contributed by atoms with Gasteiger partial charge in [0.1, 0.15) is 5.75 Å². The van der Waals surface area contributed by atoms with E-state index in [4.69, 9.17) is 4.74 Å². The maximum atomic E-state index is 12.2. The Morgan fingerprint density at radius 2 is 1.80 bits per heavy atom. The standard InChI is InChI=1S/C18H23F2NO4/c1-11-5-3-4-6-15(11)21-16(22)12(2)24-17(23)13-7-9-14(10-8-13)25-18(19)20/h7-12,15,18H,3-6H2,1-2H3,(H,21,22)/t11-,12-,15-/m1/s1. The molecule has 25 heavy (non-hydrogen) atoms. The molecule has 0 heterocycles. The Balaban J connectivity index is 1.87. The number of nitrogens with one attached hydrogen (secondary N) is 1. The van der Waals surface area contributed by atoms with Crippen LogP contribution < -0.4 is 10.1 Å². The van der Waals surface area contributed by atoms with Crippen molar-refractivity contribution < 1.29 is 27.8 Å². The second-order valence-corrected chi connectivity index (χ2v) is 6.33. The molecule has 0 aromatic heterocycles. The molecule has 1 aromatic carbocycles. The maximum Gasteiger partial charge on any atom is 0.387 e. The molecule has 1 fully saturated rings. The summed E-state index contributed by atoms with van der Waals surface area (Å²) in [5, 5.41) is 2.94. The van der Waals surface area contributed by atoms with Gasteiger partial charge >= 0.3 is 12.6 Å². The number of hydrogen-bond acceptors (Lipinski definition) is 4.